The van der Waals surface area contributed by atoms with E-state index >= 15 is 0 Å². The van der Waals surface area contributed by atoms with E-state index in [9.17, 15) is 9.59 Å². The minimum absolute atomic E-state index is 0.240. The molecule has 148 valence electrons. The number of anilines is 1. The predicted octanol–water partition coefficient (Wildman–Crippen LogP) is 4.08. The summed E-state index contributed by atoms with van der Waals surface area (Å²) in [6.07, 6.45) is 1.44. The molecule has 7 nitrogen and oxygen atoms in total. The largest absolute Gasteiger partial charge is 0.494 e. The number of amides is 2. The van der Waals surface area contributed by atoms with Gasteiger partial charge in [0.2, 0.25) is 0 Å². The van der Waals surface area contributed by atoms with E-state index in [1.807, 2.05) is 6.92 Å². The smallest absolute Gasteiger partial charge is 0.291 e. The Labute approximate surface area is 168 Å². The van der Waals surface area contributed by atoms with Crippen LogP contribution in [0.5, 0.6) is 5.75 Å². The number of ether oxygens (including phenoxy) is 1. The van der Waals surface area contributed by atoms with Crippen molar-refractivity contribution in [2.24, 2.45) is 5.10 Å². The summed E-state index contributed by atoms with van der Waals surface area (Å²) in [6.45, 7) is 4.26. The number of furan rings is 1. The predicted molar refractivity (Wildman–Crippen MR) is 110 cm³/mol. The van der Waals surface area contributed by atoms with Crippen molar-refractivity contribution in [3.05, 3.63) is 83.8 Å². The molecule has 0 aliphatic carbocycles. The van der Waals surface area contributed by atoms with Crippen LogP contribution in [0.1, 0.15) is 40.3 Å². The van der Waals surface area contributed by atoms with Crippen molar-refractivity contribution in [2.75, 3.05) is 11.9 Å². The molecule has 0 spiro atoms. The minimum Gasteiger partial charge on any atom is -0.494 e. The Bertz CT molecular complexity index is 992. The summed E-state index contributed by atoms with van der Waals surface area (Å²) in [6, 6.07) is 17.2. The summed E-state index contributed by atoms with van der Waals surface area (Å²) in [5.74, 6) is 0.317. The molecule has 2 amide bonds. The quantitative estimate of drug-likeness (QED) is 0.469. The van der Waals surface area contributed by atoms with E-state index in [1.165, 1.54) is 6.26 Å². The zero-order valence-corrected chi connectivity index (χ0v) is 16.1. The van der Waals surface area contributed by atoms with Crippen LogP contribution < -0.4 is 15.5 Å². The molecule has 0 radical (unpaired) electrons. The summed E-state index contributed by atoms with van der Waals surface area (Å²) in [4.78, 5) is 24.2. The molecule has 1 aromatic heterocycles. The number of carbonyl (C=O) groups excluding carboxylic acids is 2. The van der Waals surface area contributed by atoms with Gasteiger partial charge in [-0.05, 0) is 67.9 Å². The van der Waals surface area contributed by atoms with Gasteiger partial charge in [0.25, 0.3) is 11.8 Å². The molecule has 2 N–H and O–H groups in total. The van der Waals surface area contributed by atoms with Crippen molar-refractivity contribution in [1.29, 1.82) is 0 Å². The van der Waals surface area contributed by atoms with E-state index in [1.54, 1.807) is 67.6 Å². The number of nitrogens with zero attached hydrogens (tertiary/aromatic N) is 1. The normalized spacial score (nSPS) is 11.0. The Morgan fingerprint density at radius 2 is 1.66 bits per heavy atom. The number of benzene rings is 2. The lowest BCUT2D eigenvalue weighted by atomic mass is 10.1. The summed E-state index contributed by atoms with van der Waals surface area (Å²) in [5.41, 5.74) is 5.10. The van der Waals surface area contributed by atoms with Crippen LogP contribution in [0.4, 0.5) is 5.69 Å². The van der Waals surface area contributed by atoms with Gasteiger partial charge in [0, 0.05) is 11.3 Å². The van der Waals surface area contributed by atoms with Crippen LogP contribution in [0, 0.1) is 0 Å². The number of rotatable bonds is 7. The van der Waals surface area contributed by atoms with Gasteiger partial charge in [0.1, 0.15) is 5.75 Å². The molecule has 0 aliphatic heterocycles. The Morgan fingerprint density at radius 1 is 0.966 bits per heavy atom. The van der Waals surface area contributed by atoms with Crippen molar-refractivity contribution in [3.63, 3.8) is 0 Å². The van der Waals surface area contributed by atoms with Crippen molar-refractivity contribution < 1.29 is 18.7 Å². The summed E-state index contributed by atoms with van der Waals surface area (Å²) < 4.78 is 10.4. The number of carbonyl (C=O) groups is 2. The summed E-state index contributed by atoms with van der Waals surface area (Å²) in [5, 5.41) is 6.89. The number of hydrogen-bond donors (Lipinski definition) is 2. The average Bonchev–Trinajstić information content (AvgIpc) is 3.28. The SMILES string of the molecule is CCOc1ccc(C(=O)N/N=C(\C)c2ccc(NC(=O)c3ccco3)cc2)cc1. The van der Waals surface area contributed by atoms with Crippen LogP contribution in [0.15, 0.2) is 76.4 Å². The molecule has 0 aliphatic rings. The molecule has 29 heavy (non-hydrogen) atoms. The second-order valence-corrected chi connectivity index (χ2v) is 6.10. The van der Waals surface area contributed by atoms with Gasteiger partial charge in [-0.15, -0.1) is 0 Å². The van der Waals surface area contributed by atoms with Gasteiger partial charge < -0.3 is 14.5 Å². The molecule has 0 fully saturated rings. The van der Waals surface area contributed by atoms with Gasteiger partial charge in [-0.2, -0.15) is 5.10 Å². The van der Waals surface area contributed by atoms with Gasteiger partial charge in [-0.3, -0.25) is 9.59 Å². The third-order valence-electron chi connectivity index (χ3n) is 4.06. The van der Waals surface area contributed by atoms with E-state index in [0.29, 0.717) is 29.3 Å². The van der Waals surface area contributed by atoms with Crippen LogP contribution in [0.2, 0.25) is 0 Å². The maximum atomic E-state index is 12.2. The van der Waals surface area contributed by atoms with Gasteiger partial charge >= 0.3 is 0 Å². The molecule has 0 bridgehead atoms. The van der Waals surface area contributed by atoms with Crippen molar-refractivity contribution in [2.45, 2.75) is 13.8 Å². The molecule has 7 heteroatoms. The van der Waals surface area contributed by atoms with Gasteiger partial charge in [-0.1, -0.05) is 12.1 Å². The highest BCUT2D eigenvalue weighted by Crippen LogP contribution is 2.13. The first-order valence-corrected chi connectivity index (χ1v) is 9.09. The molecule has 0 saturated heterocycles. The summed E-state index contributed by atoms with van der Waals surface area (Å²) in [7, 11) is 0. The average molecular weight is 391 g/mol. The Kier molecular flexibility index (Phi) is 6.42. The fraction of sp³-hybridized carbons (Fsp3) is 0.136. The molecule has 1 heterocycles. The molecule has 3 rings (SSSR count). The van der Waals surface area contributed by atoms with E-state index in [2.05, 4.69) is 15.8 Å². The van der Waals surface area contributed by atoms with E-state index in [4.69, 9.17) is 9.15 Å². The third-order valence-corrected chi connectivity index (χ3v) is 4.06. The zero-order valence-electron chi connectivity index (χ0n) is 16.1. The highest BCUT2D eigenvalue weighted by atomic mass is 16.5. The number of hydrogen-bond acceptors (Lipinski definition) is 5. The van der Waals surface area contributed by atoms with Crippen LogP contribution in [0.25, 0.3) is 0 Å². The molecule has 2 aromatic carbocycles. The van der Waals surface area contributed by atoms with Crippen LogP contribution in [0.3, 0.4) is 0 Å². The summed E-state index contributed by atoms with van der Waals surface area (Å²) >= 11 is 0. The van der Waals surface area contributed by atoms with E-state index in [-0.39, 0.29) is 17.6 Å². The standard InChI is InChI=1S/C22H21N3O4/c1-3-28-19-12-8-17(9-13-19)21(26)25-24-15(2)16-6-10-18(11-7-16)23-22(27)20-5-4-14-29-20/h4-14H,3H2,1-2H3,(H,23,27)(H,25,26)/b24-15+. The Balaban J connectivity index is 1.59. The lowest BCUT2D eigenvalue weighted by Gasteiger charge is -2.07. The molecular formula is C22H21N3O4. The van der Waals surface area contributed by atoms with Crippen molar-refractivity contribution >= 4 is 23.2 Å². The second kappa shape index (κ2) is 9.36. The first-order valence-electron chi connectivity index (χ1n) is 9.09. The molecule has 3 aromatic rings. The lowest BCUT2D eigenvalue weighted by molar-refractivity contribution is 0.0953. The van der Waals surface area contributed by atoms with Gasteiger partial charge in [0.15, 0.2) is 5.76 Å². The fourth-order valence-electron chi connectivity index (χ4n) is 2.53. The first-order chi connectivity index (χ1) is 14.1. The highest BCUT2D eigenvalue weighted by molar-refractivity contribution is 6.03. The van der Waals surface area contributed by atoms with Crippen LogP contribution in [-0.2, 0) is 0 Å². The topological polar surface area (TPSA) is 92.9 Å². The number of hydrazone groups is 1. The molecule has 0 saturated carbocycles. The first kappa shape index (κ1) is 19.9. The molecule has 0 unspecified atom stereocenters. The maximum Gasteiger partial charge on any atom is 0.291 e. The highest BCUT2D eigenvalue weighted by Gasteiger charge is 2.09. The van der Waals surface area contributed by atoms with E-state index < -0.39 is 0 Å². The Hall–Kier alpha value is -3.87. The zero-order chi connectivity index (χ0) is 20.6. The lowest BCUT2D eigenvalue weighted by Crippen LogP contribution is -2.19. The van der Waals surface area contributed by atoms with Gasteiger partial charge in [-0.25, -0.2) is 5.43 Å². The monoisotopic (exact) mass is 391 g/mol. The second-order valence-electron chi connectivity index (χ2n) is 6.10. The van der Waals surface area contributed by atoms with Crippen molar-refractivity contribution in [3.8, 4) is 5.75 Å². The maximum absolute atomic E-state index is 12.2. The Morgan fingerprint density at radius 3 is 2.28 bits per heavy atom. The molecular weight excluding hydrogens is 370 g/mol. The minimum atomic E-state index is -0.323. The van der Waals surface area contributed by atoms with Gasteiger partial charge in [0.05, 0.1) is 18.6 Å². The van der Waals surface area contributed by atoms with Crippen molar-refractivity contribution in [1.82, 2.24) is 5.43 Å². The van der Waals surface area contributed by atoms with Crippen LogP contribution >= 0.6 is 0 Å². The fourth-order valence-corrected chi connectivity index (χ4v) is 2.53. The number of nitrogens with one attached hydrogen (secondary N) is 2. The van der Waals surface area contributed by atoms with Crippen LogP contribution in [-0.4, -0.2) is 24.1 Å². The molecule has 0 atom stereocenters. The third kappa shape index (κ3) is 5.32. The van der Waals surface area contributed by atoms with E-state index in [0.717, 1.165) is 5.56 Å².